The number of nitrogens with one attached hydrogen (secondary N) is 2. The molecule has 0 radical (unpaired) electrons. The first-order valence-electron chi connectivity index (χ1n) is 10.6. The van der Waals surface area contributed by atoms with Gasteiger partial charge in [0.1, 0.15) is 10.4 Å². The average Bonchev–Trinajstić information content (AvgIpc) is 3.26. The number of hydrogen-bond acceptors (Lipinski definition) is 6. The molecule has 4 heterocycles. The number of aromatic amines is 1. The molecule has 3 N–H and O–H groups in total. The third-order valence-electron chi connectivity index (χ3n) is 6.94. The second-order valence-electron chi connectivity index (χ2n) is 9.52. The van der Waals surface area contributed by atoms with E-state index in [1.807, 2.05) is 24.3 Å². The maximum Gasteiger partial charge on any atom is 0.151 e. The summed E-state index contributed by atoms with van der Waals surface area (Å²) in [5.41, 5.74) is 3.48. The van der Waals surface area contributed by atoms with Crippen LogP contribution in [0.5, 0.6) is 5.75 Å². The van der Waals surface area contributed by atoms with Crippen molar-refractivity contribution < 1.29 is 5.11 Å². The van der Waals surface area contributed by atoms with Crippen LogP contribution in [0.1, 0.15) is 39.5 Å². The Morgan fingerprint density at radius 1 is 1.06 bits per heavy atom. The van der Waals surface area contributed by atoms with Crippen molar-refractivity contribution in [3.05, 3.63) is 41.1 Å². The Morgan fingerprint density at radius 3 is 2.34 bits per heavy atom. The number of halogens is 2. The van der Waals surface area contributed by atoms with E-state index in [2.05, 4.69) is 67.4 Å². The van der Waals surface area contributed by atoms with Gasteiger partial charge in [0.15, 0.2) is 5.82 Å². The molecule has 2 bridgehead atoms. The number of aromatic nitrogens is 4. The van der Waals surface area contributed by atoms with Crippen LogP contribution in [0, 0.1) is 0 Å². The van der Waals surface area contributed by atoms with Crippen LogP contribution in [0.2, 0.25) is 0 Å². The third kappa shape index (κ3) is 4.11. The van der Waals surface area contributed by atoms with Gasteiger partial charge >= 0.3 is 0 Å². The summed E-state index contributed by atoms with van der Waals surface area (Å²) in [5.74, 6) is 1.03. The number of piperidine rings is 1. The zero-order valence-corrected chi connectivity index (χ0v) is 20.8. The Morgan fingerprint density at radius 2 is 1.78 bits per heavy atom. The summed E-state index contributed by atoms with van der Waals surface area (Å²) < 4.78 is 0.709. The molecule has 2 aliphatic heterocycles. The van der Waals surface area contributed by atoms with Crippen molar-refractivity contribution in [1.82, 2.24) is 25.7 Å². The zero-order valence-electron chi connectivity index (χ0n) is 18.4. The first-order chi connectivity index (χ1) is 14.8. The number of anilines is 1. The van der Waals surface area contributed by atoms with Gasteiger partial charge in [-0.25, -0.2) is 0 Å². The van der Waals surface area contributed by atoms with Crippen LogP contribution < -0.4 is 10.2 Å². The summed E-state index contributed by atoms with van der Waals surface area (Å²) in [7, 11) is 2.11. The van der Waals surface area contributed by atoms with Gasteiger partial charge in [-0.1, -0.05) is 6.07 Å². The Balaban J connectivity index is 0.00000245. The number of nitrogens with zero attached hydrogens (tertiary/aromatic N) is 4. The molecular formula is C23H28BrClN6O. The minimum atomic E-state index is 0. The van der Waals surface area contributed by atoms with Crippen molar-refractivity contribution in [3.63, 3.8) is 0 Å². The molecule has 1 unspecified atom stereocenters. The number of aromatic hydroxyl groups is 1. The van der Waals surface area contributed by atoms with E-state index in [9.17, 15) is 5.11 Å². The first kappa shape index (κ1) is 23.0. The SMILES string of the molecule is CN(c1ccc(-c2ccc(-c3c[nH]nc3Br)cc2O)nn1)C1C[C@]2(C)CC[C@](C)(C1)N2.Cl. The van der Waals surface area contributed by atoms with E-state index in [-0.39, 0.29) is 29.2 Å². The molecule has 0 aliphatic carbocycles. The largest absolute Gasteiger partial charge is 0.507 e. The van der Waals surface area contributed by atoms with Gasteiger partial charge in [0.2, 0.25) is 0 Å². The van der Waals surface area contributed by atoms with Gasteiger partial charge in [0.05, 0.1) is 5.69 Å². The van der Waals surface area contributed by atoms with E-state index in [4.69, 9.17) is 0 Å². The molecule has 7 nitrogen and oxygen atoms in total. The summed E-state index contributed by atoms with van der Waals surface area (Å²) >= 11 is 3.41. The van der Waals surface area contributed by atoms with Crippen LogP contribution in [0.3, 0.4) is 0 Å². The molecule has 2 saturated heterocycles. The molecule has 9 heteroatoms. The number of H-pyrrole nitrogens is 1. The number of hydrogen-bond donors (Lipinski definition) is 3. The summed E-state index contributed by atoms with van der Waals surface area (Å²) in [6, 6.07) is 9.89. The maximum atomic E-state index is 10.6. The van der Waals surface area contributed by atoms with Crippen molar-refractivity contribution in [1.29, 1.82) is 0 Å². The summed E-state index contributed by atoms with van der Waals surface area (Å²) in [4.78, 5) is 2.26. The Labute approximate surface area is 202 Å². The van der Waals surface area contributed by atoms with Gasteiger partial charge < -0.3 is 15.3 Å². The third-order valence-corrected chi connectivity index (χ3v) is 7.55. The van der Waals surface area contributed by atoms with Gasteiger partial charge in [-0.2, -0.15) is 5.10 Å². The minimum absolute atomic E-state index is 0. The molecule has 0 spiro atoms. The lowest BCUT2D eigenvalue weighted by Crippen LogP contribution is -2.58. The highest BCUT2D eigenvalue weighted by atomic mass is 79.9. The van der Waals surface area contributed by atoms with Crippen molar-refractivity contribution in [2.24, 2.45) is 0 Å². The lowest BCUT2D eigenvalue weighted by molar-refractivity contribution is 0.207. The van der Waals surface area contributed by atoms with Crippen LogP contribution in [0.25, 0.3) is 22.4 Å². The van der Waals surface area contributed by atoms with Crippen LogP contribution in [-0.2, 0) is 0 Å². The van der Waals surface area contributed by atoms with E-state index in [1.165, 1.54) is 12.8 Å². The van der Waals surface area contributed by atoms with E-state index in [0.29, 0.717) is 21.9 Å². The summed E-state index contributed by atoms with van der Waals surface area (Å²) in [6.45, 7) is 4.67. The topological polar surface area (TPSA) is 90.0 Å². The molecule has 32 heavy (non-hydrogen) atoms. The Hall–Kier alpha value is -2.16. The fourth-order valence-electron chi connectivity index (χ4n) is 5.33. The Bertz CT molecular complexity index is 1100. The van der Waals surface area contributed by atoms with Crippen LogP contribution in [0.15, 0.2) is 41.1 Å². The molecule has 2 fully saturated rings. The molecule has 0 amide bonds. The van der Waals surface area contributed by atoms with Gasteiger partial charge in [-0.05, 0) is 85.3 Å². The predicted molar refractivity (Wildman–Crippen MR) is 132 cm³/mol. The monoisotopic (exact) mass is 518 g/mol. The van der Waals surface area contributed by atoms with Crippen LogP contribution in [-0.4, -0.2) is 49.7 Å². The smallest absolute Gasteiger partial charge is 0.151 e. The molecule has 170 valence electrons. The molecule has 2 aromatic heterocycles. The van der Waals surface area contributed by atoms with Gasteiger partial charge in [0, 0.05) is 41.5 Å². The van der Waals surface area contributed by atoms with Crippen molar-refractivity contribution in [2.45, 2.75) is 56.7 Å². The quantitative estimate of drug-likeness (QED) is 0.453. The second kappa shape index (κ2) is 8.32. The predicted octanol–water partition coefficient (Wildman–Crippen LogP) is 4.92. The molecule has 1 aromatic carbocycles. The molecule has 3 atom stereocenters. The highest BCUT2D eigenvalue weighted by Crippen LogP contribution is 2.44. The van der Waals surface area contributed by atoms with Crippen molar-refractivity contribution >= 4 is 34.2 Å². The molecule has 0 saturated carbocycles. The Kier molecular flexibility index (Phi) is 5.98. The van der Waals surface area contributed by atoms with Gasteiger partial charge in [0.25, 0.3) is 0 Å². The average molecular weight is 520 g/mol. The van der Waals surface area contributed by atoms with Crippen LogP contribution >= 0.6 is 28.3 Å². The first-order valence-corrected chi connectivity index (χ1v) is 11.4. The van der Waals surface area contributed by atoms with E-state index < -0.39 is 0 Å². The fourth-order valence-corrected chi connectivity index (χ4v) is 5.78. The van der Waals surface area contributed by atoms with Crippen LogP contribution in [0.4, 0.5) is 5.82 Å². The number of benzene rings is 1. The highest BCUT2D eigenvalue weighted by Gasteiger charge is 2.49. The summed E-state index contributed by atoms with van der Waals surface area (Å²) in [5, 5.41) is 30.2. The number of phenolic OH excluding ortho intramolecular Hbond substituents is 1. The number of rotatable bonds is 4. The van der Waals surface area contributed by atoms with E-state index in [0.717, 1.165) is 29.8 Å². The standard InChI is InChI=1S/C23H27BrN6O.ClH/c1-22-8-9-23(2,29-22)12-15(11-22)30(3)20-7-6-18(26-27-20)16-5-4-14(10-19(16)31)17-13-25-28-21(17)24;/h4-7,10,13,15,29,31H,8-9,11-12H2,1-3H3,(H,25,28);1H/t15?,22-,23+;. The molecular weight excluding hydrogens is 492 g/mol. The van der Waals surface area contributed by atoms with Crippen molar-refractivity contribution in [2.75, 3.05) is 11.9 Å². The number of fused-ring (bicyclic) bond motifs is 2. The van der Waals surface area contributed by atoms with E-state index >= 15 is 0 Å². The highest BCUT2D eigenvalue weighted by molar-refractivity contribution is 9.10. The van der Waals surface area contributed by atoms with Gasteiger partial charge in [-0.15, -0.1) is 22.6 Å². The van der Waals surface area contributed by atoms with Crippen molar-refractivity contribution in [3.8, 4) is 28.1 Å². The van der Waals surface area contributed by atoms with Gasteiger partial charge in [-0.3, -0.25) is 5.10 Å². The summed E-state index contributed by atoms with van der Waals surface area (Å²) in [6.07, 6.45) is 6.45. The minimum Gasteiger partial charge on any atom is -0.507 e. The molecule has 5 rings (SSSR count). The van der Waals surface area contributed by atoms with E-state index in [1.54, 1.807) is 12.3 Å². The molecule has 3 aromatic rings. The molecule has 2 aliphatic rings. The lowest BCUT2D eigenvalue weighted by atomic mass is 9.84. The normalized spacial score (nSPS) is 26.6. The fraction of sp³-hybridized carbons (Fsp3) is 0.435. The zero-order chi connectivity index (χ0) is 21.8. The number of phenols is 1. The lowest BCUT2D eigenvalue weighted by Gasteiger charge is -2.45. The second-order valence-corrected chi connectivity index (χ2v) is 10.3. The maximum absolute atomic E-state index is 10.6.